The van der Waals surface area contributed by atoms with Gasteiger partial charge in [-0.1, -0.05) is 62.9 Å². The largest absolute Gasteiger partial charge is 0.397 e. The molecule has 4 heteroatoms. The highest BCUT2D eigenvalue weighted by Gasteiger charge is 2.23. The highest BCUT2D eigenvalue weighted by molar-refractivity contribution is 6.05. The molecule has 0 aliphatic carbocycles. The maximum Gasteiger partial charge on any atom is 0.0780 e. The average Bonchev–Trinajstić information content (AvgIpc) is 2.74. The number of rotatable bonds is 7. The molecule has 0 aliphatic heterocycles. The minimum Gasteiger partial charge on any atom is -0.397 e. The Bertz CT molecular complexity index is 1060. The van der Waals surface area contributed by atoms with Gasteiger partial charge in [0, 0.05) is 34.3 Å². The number of hydrogen-bond acceptors (Lipinski definition) is 4. The molecule has 0 saturated heterocycles. The third kappa shape index (κ3) is 4.84. The maximum absolute atomic E-state index is 7.78. The van der Waals surface area contributed by atoms with Crippen molar-refractivity contribution in [1.29, 1.82) is 5.41 Å². The van der Waals surface area contributed by atoms with Crippen molar-refractivity contribution in [1.82, 2.24) is 4.98 Å². The Balaban J connectivity index is 1.76. The lowest BCUT2D eigenvalue weighted by Crippen LogP contribution is -2.18. The molecule has 0 aliphatic rings. The van der Waals surface area contributed by atoms with Gasteiger partial charge in [-0.05, 0) is 48.4 Å². The van der Waals surface area contributed by atoms with Gasteiger partial charge in [0.1, 0.15) is 0 Å². The smallest absolute Gasteiger partial charge is 0.0780 e. The Kier molecular flexibility index (Phi) is 6.17. The summed E-state index contributed by atoms with van der Waals surface area (Å²) in [7, 11) is 0. The number of allylic oxidation sites excluding steroid dienone is 2. The van der Waals surface area contributed by atoms with Gasteiger partial charge in [-0.25, -0.2) is 0 Å². The first kappa shape index (κ1) is 21.1. The highest BCUT2D eigenvalue weighted by Crippen LogP contribution is 2.33. The molecule has 0 fully saturated rings. The predicted octanol–water partition coefficient (Wildman–Crippen LogP) is 5.88. The van der Waals surface area contributed by atoms with Crippen LogP contribution in [0.2, 0.25) is 0 Å². The summed E-state index contributed by atoms with van der Waals surface area (Å²) in [6, 6.07) is 22.9. The first-order chi connectivity index (χ1) is 14.3. The van der Waals surface area contributed by atoms with E-state index in [-0.39, 0.29) is 16.8 Å². The Labute approximate surface area is 178 Å². The third-order valence-corrected chi connectivity index (χ3v) is 5.22. The molecular formula is C26H28N4. The molecule has 0 atom stereocenters. The van der Waals surface area contributed by atoms with Crippen molar-refractivity contribution < 1.29 is 0 Å². The van der Waals surface area contributed by atoms with Gasteiger partial charge in [0.05, 0.1) is 11.4 Å². The molecule has 3 rings (SSSR count). The van der Waals surface area contributed by atoms with E-state index < -0.39 is 0 Å². The third-order valence-electron chi connectivity index (χ3n) is 5.22. The first-order valence-corrected chi connectivity index (χ1v) is 9.88. The number of benzene rings is 2. The van der Waals surface area contributed by atoms with E-state index in [0.717, 1.165) is 22.6 Å². The quantitative estimate of drug-likeness (QED) is 0.436. The standard InChI is InChI=1S/C26H28N4/c1-18(17-24(28)19(2)27)30-23-14-12-22(13-15-23)26(3,4)21-10-8-20(9-11-21)25-7-5-6-16-29-25/h5-17,28,30H,2,27H2,1,3-4H3/b18-17-,28-24?. The van der Waals surface area contributed by atoms with E-state index in [0.29, 0.717) is 0 Å². The predicted molar refractivity (Wildman–Crippen MR) is 127 cm³/mol. The summed E-state index contributed by atoms with van der Waals surface area (Å²) in [6.45, 7) is 9.94. The van der Waals surface area contributed by atoms with Crippen LogP contribution in [0.5, 0.6) is 0 Å². The van der Waals surface area contributed by atoms with Gasteiger partial charge >= 0.3 is 0 Å². The van der Waals surface area contributed by atoms with E-state index in [1.54, 1.807) is 6.08 Å². The van der Waals surface area contributed by atoms with Crippen LogP contribution in [-0.2, 0) is 5.41 Å². The molecular weight excluding hydrogens is 368 g/mol. The number of hydrogen-bond donors (Lipinski definition) is 3. The van der Waals surface area contributed by atoms with Gasteiger partial charge in [-0.15, -0.1) is 0 Å². The van der Waals surface area contributed by atoms with Crippen LogP contribution in [0.1, 0.15) is 31.9 Å². The zero-order chi connectivity index (χ0) is 21.7. The zero-order valence-corrected chi connectivity index (χ0v) is 17.7. The molecule has 0 unspecified atom stereocenters. The molecule has 2 aromatic carbocycles. The van der Waals surface area contributed by atoms with E-state index in [1.165, 1.54) is 11.1 Å². The van der Waals surface area contributed by atoms with E-state index in [1.807, 2.05) is 31.3 Å². The lowest BCUT2D eigenvalue weighted by Gasteiger charge is -2.26. The summed E-state index contributed by atoms with van der Waals surface area (Å²) in [6.07, 6.45) is 3.48. The molecule has 1 aromatic heterocycles. The van der Waals surface area contributed by atoms with Crippen molar-refractivity contribution in [3.63, 3.8) is 0 Å². The molecule has 1 heterocycles. The Morgan fingerprint density at radius 3 is 2.13 bits per heavy atom. The second-order valence-electron chi connectivity index (χ2n) is 7.89. The molecule has 152 valence electrons. The second kappa shape index (κ2) is 8.78. The molecule has 0 radical (unpaired) electrons. The zero-order valence-electron chi connectivity index (χ0n) is 17.7. The van der Waals surface area contributed by atoms with Crippen molar-refractivity contribution in [2.75, 3.05) is 5.32 Å². The van der Waals surface area contributed by atoms with Crippen LogP contribution >= 0.6 is 0 Å². The van der Waals surface area contributed by atoms with E-state index >= 15 is 0 Å². The van der Waals surface area contributed by atoms with Crippen LogP contribution in [0.15, 0.2) is 97.0 Å². The van der Waals surface area contributed by atoms with Crippen molar-refractivity contribution in [3.8, 4) is 11.3 Å². The topological polar surface area (TPSA) is 74.8 Å². The van der Waals surface area contributed by atoms with Gasteiger partial charge in [0.15, 0.2) is 0 Å². The second-order valence-corrected chi connectivity index (χ2v) is 7.89. The summed E-state index contributed by atoms with van der Waals surface area (Å²) in [5.74, 6) is 0. The lowest BCUT2D eigenvalue weighted by molar-refractivity contribution is 0.641. The van der Waals surface area contributed by atoms with Crippen molar-refractivity contribution >= 4 is 11.4 Å². The number of anilines is 1. The van der Waals surface area contributed by atoms with Crippen LogP contribution in [0.3, 0.4) is 0 Å². The molecule has 0 spiro atoms. The van der Waals surface area contributed by atoms with Crippen LogP contribution in [0.25, 0.3) is 11.3 Å². The summed E-state index contributed by atoms with van der Waals surface area (Å²) in [5.41, 5.74) is 12.2. The van der Waals surface area contributed by atoms with Gasteiger partial charge in [0.2, 0.25) is 0 Å². The molecule has 4 nitrogen and oxygen atoms in total. The molecule has 0 bridgehead atoms. The Hall–Kier alpha value is -3.66. The van der Waals surface area contributed by atoms with E-state index in [4.69, 9.17) is 11.1 Å². The normalized spacial score (nSPS) is 11.8. The van der Waals surface area contributed by atoms with Crippen molar-refractivity contribution in [2.45, 2.75) is 26.2 Å². The maximum atomic E-state index is 7.78. The Morgan fingerprint density at radius 1 is 1.00 bits per heavy atom. The van der Waals surface area contributed by atoms with E-state index in [2.05, 4.69) is 79.3 Å². The van der Waals surface area contributed by atoms with Crippen molar-refractivity contribution in [3.05, 3.63) is 108 Å². The average molecular weight is 397 g/mol. The Morgan fingerprint density at radius 2 is 1.60 bits per heavy atom. The number of pyridine rings is 1. The highest BCUT2D eigenvalue weighted by atomic mass is 14.9. The van der Waals surface area contributed by atoms with Crippen LogP contribution < -0.4 is 11.1 Å². The number of aromatic nitrogens is 1. The van der Waals surface area contributed by atoms with Crippen LogP contribution in [0.4, 0.5) is 5.69 Å². The van der Waals surface area contributed by atoms with Crippen LogP contribution in [-0.4, -0.2) is 10.7 Å². The van der Waals surface area contributed by atoms with Crippen molar-refractivity contribution in [2.24, 2.45) is 5.73 Å². The molecule has 3 aromatic rings. The fourth-order valence-corrected chi connectivity index (χ4v) is 3.30. The minimum absolute atomic E-state index is 0.133. The SMILES string of the molecule is C=C(N)C(=N)/C=C(/C)Nc1ccc(C(C)(C)c2ccc(-c3ccccn3)cc2)cc1. The van der Waals surface area contributed by atoms with Gasteiger partial charge in [-0.3, -0.25) is 10.4 Å². The molecule has 0 amide bonds. The van der Waals surface area contributed by atoms with Gasteiger partial charge in [-0.2, -0.15) is 0 Å². The minimum atomic E-state index is -0.133. The van der Waals surface area contributed by atoms with Crippen LogP contribution in [0, 0.1) is 5.41 Å². The van der Waals surface area contributed by atoms with E-state index in [9.17, 15) is 0 Å². The molecule has 4 N–H and O–H groups in total. The number of nitrogens with one attached hydrogen (secondary N) is 2. The monoisotopic (exact) mass is 396 g/mol. The fraction of sp³-hybridized carbons (Fsp3) is 0.154. The molecule has 30 heavy (non-hydrogen) atoms. The number of nitrogens with zero attached hydrogens (tertiary/aromatic N) is 1. The first-order valence-electron chi connectivity index (χ1n) is 9.88. The summed E-state index contributed by atoms with van der Waals surface area (Å²) < 4.78 is 0. The summed E-state index contributed by atoms with van der Waals surface area (Å²) in [4.78, 5) is 4.42. The molecule has 0 saturated carbocycles. The fourth-order valence-electron chi connectivity index (χ4n) is 3.30. The summed E-state index contributed by atoms with van der Waals surface area (Å²) >= 11 is 0. The van der Waals surface area contributed by atoms with Gasteiger partial charge in [0.25, 0.3) is 0 Å². The van der Waals surface area contributed by atoms with Gasteiger partial charge < -0.3 is 11.1 Å². The summed E-state index contributed by atoms with van der Waals surface area (Å²) in [5, 5.41) is 11.1. The lowest BCUT2D eigenvalue weighted by atomic mass is 9.78. The number of nitrogens with two attached hydrogens (primary N) is 1.